The Morgan fingerprint density at radius 2 is 2.17 bits per heavy atom. The maximum atomic E-state index is 11.1. The summed E-state index contributed by atoms with van der Waals surface area (Å²) < 4.78 is 3.35. The van der Waals surface area contributed by atoms with Crippen molar-refractivity contribution in [1.82, 2.24) is 9.99 Å². The average Bonchev–Trinajstić information content (AvgIpc) is 2.64. The van der Waals surface area contributed by atoms with Gasteiger partial charge in [-0.3, -0.25) is 10.2 Å². The van der Waals surface area contributed by atoms with Crippen molar-refractivity contribution in [2.45, 2.75) is 26.3 Å². The predicted octanol–water partition coefficient (Wildman–Crippen LogP) is 2.48. The van der Waals surface area contributed by atoms with Gasteiger partial charge >= 0.3 is 0 Å². The van der Waals surface area contributed by atoms with Gasteiger partial charge in [0.2, 0.25) is 5.91 Å². The van der Waals surface area contributed by atoms with Crippen LogP contribution >= 0.6 is 15.9 Å². The van der Waals surface area contributed by atoms with Gasteiger partial charge in [0.05, 0.1) is 0 Å². The third kappa shape index (κ3) is 2.42. The number of rotatable bonds is 4. The number of aryl methyl sites for hydroxylation is 1. The molecule has 0 aliphatic heterocycles. The first-order chi connectivity index (χ1) is 8.65. The van der Waals surface area contributed by atoms with Crippen LogP contribution in [0.4, 0.5) is 0 Å². The van der Waals surface area contributed by atoms with Gasteiger partial charge in [-0.25, -0.2) is 5.84 Å². The first-order valence-corrected chi connectivity index (χ1v) is 6.67. The number of nitrogens with two attached hydrogens (primary N) is 1. The van der Waals surface area contributed by atoms with Crippen LogP contribution in [0.3, 0.4) is 0 Å². The molecule has 1 amide bonds. The third-order valence-corrected chi connectivity index (χ3v) is 4.10. The Labute approximate surface area is 114 Å². The van der Waals surface area contributed by atoms with E-state index >= 15 is 0 Å². The number of aromatic nitrogens is 1. The number of carbonyl (C=O) groups excluding carboxylic acids is 1. The van der Waals surface area contributed by atoms with Crippen LogP contribution in [0.2, 0.25) is 0 Å². The molecule has 0 atom stereocenters. The van der Waals surface area contributed by atoms with Crippen LogP contribution in [0, 0.1) is 6.92 Å². The fourth-order valence-corrected chi connectivity index (χ4v) is 2.70. The average molecular weight is 310 g/mol. The molecule has 0 saturated carbocycles. The zero-order valence-corrected chi connectivity index (χ0v) is 11.8. The van der Waals surface area contributed by atoms with Gasteiger partial charge in [0.1, 0.15) is 0 Å². The van der Waals surface area contributed by atoms with E-state index in [4.69, 9.17) is 5.84 Å². The maximum absolute atomic E-state index is 11.1. The topological polar surface area (TPSA) is 60.0 Å². The number of fused-ring (bicyclic) bond motifs is 1. The number of benzene rings is 1. The van der Waals surface area contributed by atoms with E-state index in [0.717, 1.165) is 17.4 Å². The molecule has 0 aliphatic carbocycles. The van der Waals surface area contributed by atoms with Crippen LogP contribution in [0.5, 0.6) is 0 Å². The molecule has 0 saturated heterocycles. The normalized spacial score (nSPS) is 10.8. The number of nitrogens with zero attached hydrogens (tertiary/aromatic N) is 1. The van der Waals surface area contributed by atoms with Gasteiger partial charge in [0.15, 0.2) is 0 Å². The van der Waals surface area contributed by atoms with Crippen molar-refractivity contribution >= 4 is 32.7 Å². The second kappa shape index (κ2) is 5.54. The fourth-order valence-electron chi connectivity index (χ4n) is 2.15. The molecule has 3 N–H and O–H groups in total. The number of hydrazine groups is 1. The molecule has 96 valence electrons. The van der Waals surface area contributed by atoms with E-state index in [1.165, 1.54) is 16.6 Å². The standard InChI is InChI=1S/C13H16BrN3O/c1-9-13(14)10-5-2-3-6-11(10)17(9)8-4-7-12(18)16-15/h2-3,5-6H,4,7-8,15H2,1H3,(H,16,18). The van der Waals surface area contributed by atoms with E-state index in [9.17, 15) is 4.79 Å². The lowest BCUT2D eigenvalue weighted by Crippen LogP contribution is -2.29. The summed E-state index contributed by atoms with van der Waals surface area (Å²) in [5.41, 5.74) is 4.53. The van der Waals surface area contributed by atoms with Crippen LogP contribution in [0.25, 0.3) is 10.9 Å². The summed E-state index contributed by atoms with van der Waals surface area (Å²) in [6, 6.07) is 8.24. The van der Waals surface area contributed by atoms with E-state index in [0.29, 0.717) is 6.42 Å². The molecule has 5 heteroatoms. The van der Waals surface area contributed by atoms with Crippen molar-refractivity contribution in [3.63, 3.8) is 0 Å². The molecule has 0 spiro atoms. The largest absolute Gasteiger partial charge is 0.344 e. The molecule has 2 aromatic rings. The van der Waals surface area contributed by atoms with Gasteiger partial charge in [-0.15, -0.1) is 0 Å². The van der Waals surface area contributed by atoms with Gasteiger partial charge in [-0.1, -0.05) is 18.2 Å². The van der Waals surface area contributed by atoms with Gasteiger partial charge in [0, 0.05) is 34.0 Å². The highest BCUT2D eigenvalue weighted by Crippen LogP contribution is 2.30. The van der Waals surface area contributed by atoms with Crippen molar-refractivity contribution in [2.24, 2.45) is 5.84 Å². The number of halogens is 1. The molecular formula is C13H16BrN3O. The molecule has 0 aliphatic rings. The second-order valence-electron chi connectivity index (χ2n) is 4.24. The second-order valence-corrected chi connectivity index (χ2v) is 5.03. The Morgan fingerprint density at radius 3 is 2.89 bits per heavy atom. The Hall–Kier alpha value is -1.33. The van der Waals surface area contributed by atoms with E-state index in [2.05, 4.69) is 45.0 Å². The number of carbonyl (C=O) groups is 1. The lowest BCUT2D eigenvalue weighted by molar-refractivity contribution is -0.121. The number of hydrogen-bond acceptors (Lipinski definition) is 2. The number of nitrogens with one attached hydrogen (secondary N) is 1. The minimum absolute atomic E-state index is 0.122. The molecule has 0 bridgehead atoms. The van der Waals surface area contributed by atoms with Crippen molar-refractivity contribution in [3.8, 4) is 0 Å². The molecule has 18 heavy (non-hydrogen) atoms. The van der Waals surface area contributed by atoms with Gasteiger partial charge < -0.3 is 4.57 Å². The van der Waals surface area contributed by atoms with E-state index in [1.807, 2.05) is 12.1 Å². The summed E-state index contributed by atoms with van der Waals surface area (Å²) in [5.74, 6) is 4.94. The SMILES string of the molecule is Cc1c(Br)c2ccccc2n1CCCC(=O)NN. The van der Waals surface area contributed by atoms with Crippen LogP contribution < -0.4 is 11.3 Å². The third-order valence-electron chi connectivity index (χ3n) is 3.10. The molecule has 4 nitrogen and oxygen atoms in total. The van der Waals surface area contributed by atoms with E-state index in [1.54, 1.807) is 0 Å². The summed E-state index contributed by atoms with van der Waals surface area (Å²) in [4.78, 5) is 11.1. The van der Waals surface area contributed by atoms with Crippen LogP contribution in [0.15, 0.2) is 28.7 Å². The first kappa shape index (κ1) is 13.1. The summed E-state index contributed by atoms with van der Waals surface area (Å²) in [7, 11) is 0. The lowest BCUT2D eigenvalue weighted by Gasteiger charge is -2.07. The minimum Gasteiger partial charge on any atom is -0.344 e. The Morgan fingerprint density at radius 1 is 1.44 bits per heavy atom. The Bertz CT molecular complexity index is 577. The Balaban J connectivity index is 2.22. The van der Waals surface area contributed by atoms with Crippen molar-refractivity contribution in [1.29, 1.82) is 0 Å². The molecule has 1 aromatic carbocycles. The highest BCUT2D eigenvalue weighted by Gasteiger charge is 2.11. The fraction of sp³-hybridized carbons (Fsp3) is 0.308. The summed E-state index contributed by atoms with van der Waals surface area (Å²) in [6.07, 6.45) is 1.22. The molecule has 0 unspecified atom stereocenters. The van der Waals surface area contributed by atoms with Crippen LogP contribution in [-0.2, 0) is 11.3 Å². The van der Waals surface area contributed by atoms with E-state index in [-0.39, 0.29) is 5.91 Å². The number of para-hydroxylation sites is 1. The molecule has 0 fully saturated rings. The molecular weight excluding hydrogens is 294 g/mol. The van der Waals surface area contributed by atoms with Crippen molar-refractivity contribution < 1.29 is 4.79 Å². The zero-order chi connectivity index (χ0) is 13.1. The minimum atomic E-state index is -0.122. The zero-order valence-electron chi connectivity index (χ0n) is 10.2. The number of hydrogen-bond donors (Lipinski definition) is 2. The molecule has 2 rings (SSSR count). The summed E-state index contributed by atoms with van der Waals surface area (Å²) >= 11 is 3.62. The highest BCUT2D eigenvalue weighted by atomic mass is 79.9. The molecule has 1 aromatic heterocycles. The number of amides is 1. The van der Waals surface area contributed by atoms with Gasteiger partial charge in [0.25, 0.3) is 0 Å². The highest BCUT2D eigenvalue weighted by molar-refractivity contribution is 9.10. The molecule has 0 radical (unpaired) electrons. The van der Waals surface area contributed by atoms with E-state index < -0.39 is 0 Å². The maximum Gasteiger partial charge on any atom is 0.233 e. The lowest BCUT2D eigenvalue weighted by atomic mass is 10.2. The Kier molecular flexibility index (Phi) is 4.04. The van der Waals surface area contributed by atoms with Gasteiger partial charge in [-0.05, 0) is 35.3 Å². The quantitative estimate of drug-likeness (QED) is 0.518. The molecule has 1 heterocycles. The summed E-state index contributed by atoms with van der Waals surface area (Å²) in [6.45, 7) is 2.89. The van der Waals surface area contributed by atoms with Crippen molar-refractivity contribution in [3.05, 3.63) is 34.4 Å². The van der Waals surface area contributed by atoms with Crippen LogP contribution in [-0.4, -0.2) is 10.5 Å². The first-order valence-electron chi connectivity index (χ1n) is 5.88. The van der Waals surface area contributed by atoms with Crippen LogP contribution in [0.1, 0.15) is 18.5 Å². The van der Waals surface area contributed by atoms with Gasteiger partial charge in [-0.2, -0.15) is 0 Å². The van der Waals surface area contributed by atoms with Crippen molar-refractivity contribution in [2.75, 3.05) is 0 Å². The summed E-state index contributed by atoms with van der Waals surface area (Å²) in [5, 5.41) is 1.21. The monoisotopic (exact) mass is 309 g/mol. The predicted molar refractivity (Wildman–Crippen MR) is 75.9 cm³/mol. The smallest absolute Gasteiger partial charge is 0.233 e.